The van der Waals surface area contributed by atoms with Crippen LogP contribution in [0.3, 0.4) is 0 Å². The highest BCUT2D eigenvalue weighted by molar-refractivity contribution is 5.42. The molecule has 1 fully saturated rings. The van der Waals surface area contributed by atoms with Crippen LogP contribution in [-0.4, -0.2) is 34.6 Å². The Labute approximate surface area is 143 Å². The van der Waals surface area contributed by atoms with Crippen LogP contribution in [0.5, 0.6) is 5.88 Å². The number of pyridine rings is 1. The first-order valence-electron chi connectivity index (χ1n) is 8.12. The van der Waals surface area contributed by atoms with E-state index >= 15 is 0 Å². The smallest absolute Gasteiger partial charge is 0.421 e. The number of rotatable bonds is 4. The molecule has 8 heteroatoms. The molecular formula is C17H19F3N4O. The molecule has 5 nitrogen and oxygen atoms in total. The zero-order valence-corrected chi connectivity index (χ0v) is 13.8. The second-order valence-electron chi connectivity index (χ2n) is 6.08. The highest BCUT2D eigenvalue weighted by atomic mass is 19.4. The van der Waals surface area contributed by atoms with Crippen molar-refractivity contribution in [2.75, 3.05) is 24.6 Å². The average molecular weight is 352 g/mol. The molecule has 1 saturated heterocycles. The third kappa shape index (κ3) is 4.18. The second kappa shape index (κ2) is 7.25. The van der Waals surface area contributed by atoms with Gasteiger partial charge in [-0.15, -0.1) is 0 Å². The number of nitrogens with zero attached hydrogens (tertiary/aromatic N) is 4. The number of anilines is 1. The van der Waals surface area contributed by atoms with E-state index in [0.29, 0.717) is 6.54 Å². The van der Waals surface area contributed by atoms with Crippen molar-refractivity contribution in [2.45, 2.75) is 25.9 Å². The Balaban J connectivity index is 1.66. The van der Waals surface area contributed by atoms with Crippen molar-refractivity contribution in [1.82, 2.24) is 15.0 Å². The molecule has 134 valence electrons. The highest BCUT2D eigenvalue weighted by Gasteiger charge is 2.35. The van der Waals surface area contributed by atoms with E-state index in [1.807, 2.05) is 6.92 Å². The minimum atomic E-state index is -4.47. The summed E-state index contributed by atoms with van der Waals surface area (Å²) in [5.41, 5.74) is 0.000545. The van der Waals surface area contributed by atoms with E-state index in [9.17, 15) is 13.2 Å². The van der Waals surface area contributed by atoms with Crippen LogP contribution in [0.25, 0.3) is 0 Å². The van der Waals surface area contributed by atoms with E-state index in [4.69, 9.17) is 4.74 Å². The SMILES string of the molecule is Cc1nccnc1N1CCCC(COc2ncccc2C(F)(F)F)C1. The molecule has 1 unspecified atom stereocenters. The monoisotopic (exact) mass is 352 g/mol. The first-order valence-corrected chi connectivity index (χ1v) is 8.12. The molecule has 1 aliphatic heterocycles. The number of aryl methyl sites for hydroxylation is 1. The van der Waals surface area contributed by atoms with Gasteiger partial charge in [-0.2, -0.15) is 13.2 Å². The van der Waals surface area contributed by atoms with E-state index in [0.717, 1.165) is 37.0 Å². The van der Waals surface area contributed by atoms with E-state index in [1.54, 1.807) is 12.4 Å². The molecule has 0 bridgehead atoms. The number of hydrogen-bond donors (Lipinski definition) is 0. The number of piperidine rings is 1. The van der Waals surface area contributed by atoms with Crippen molar-refractivity contribution < 1.29 is 17.9 Å². The number of halogens is 3. The van der Waals surface area contributed by atoms with Crippen LogP contribution >= 0.6 is 0 Å². The van der Waals surface area contributed by atoms with Crippen LogP contribution in [0.2, 0.25) is 0 Å². The van der Waals surface area contributed by atoms with Gasteiger partial charge in [0.15, 0.2) is 0 Å². The lowest BCUT2D eigenvalue weighted by Crippen LogP contribution is -2.38. The van der Waals surface area contributed by atoms with Gasteiger partial charge in [0.2, 0.25) is 5.88 Å². The Hall–Kier alpha value is -2.38. The Morgan fingerprint density at radius 1 is 1.20 bits per heavy atom. The highest BCUT2D eigenvalue weighted by Crippen LogP contribution is 2.35. The first kappa shape index (κ1) is 17.4. The molecule has 0 aromatic carbocycles. The largest absolute Gasteiger partial charge is 0.477 e. The lowest BCUT2D eigenvalue weighted by molar-refractivity contribution is -0.139. The third-order valence-electron chi connectivity index (χ3n) is 4.21. The molecule has 1 aliphatic rings. The third-order valence-corrected chi connectivity index (χ3v) is 4.21. The molecule has 2 aromatic heterocycles. The van der Waals surface area contributed by atoms with Crippen LogP contribution in [-0.2, 0) is 6.18 Å². The predicted octanol–water partition coefficient (Wildman–Crippen LogP) is 3.49. The summed E-state index contributed by atoms with van der Waals surface area (Å²) in [6, 6.07) is 2.24. The van der Waals surface area contributed by atoms with Gasteiger partial charge in [-0.05, 0) is 31.9 Å². The standard InChI is InChI=1S/C17H19F3N4O/c1-12-15(22-8-7-21-12)24-9-3-4-13(10-24)11-25-16-14(17(18,19)20)5-2-6-23-16/h2,5-8,13H,3-4,9-11H2,1H3. The molecule has 2 aromatic rings. The van der Waals surface area contributed by atoms with Gasteiger partial charge in [-0.1, -0.05) is 0 Å². The van der Waals surface area contributed by atoms with E-state index in [1.165, 1.54) is 12.3 Å². The molecule has 1 atom stereocenters. The van der Waals surface area contributed by atoms with Crippen LogP contribution in [0, 0.1) is 12.8 Å². The average Bonchev–Trinajstić information content (AvgIpc) is 2.60. The van der Waals surface area contributed by atoms with Crippen LogP contribution < -0.4 is 9.64 Å². The topological polar surface area (TPSA) is 51.1 Å². The van der Waals surface area contributed by atoms with Gasteiger partial charge in [0.25, 0.3) is 0 Å². The molecule has 0 radical (unpaired) electrons. The Morgan fingerprint density at radius 2 is 2.00 bits per heavy atom. The number of hydrogen-bond acceptors (Lipinski definition) is 5. The normalized spacial score (nSPS) is 18.2. The van der Waals surface area contributed by atoms with E-state index in [2.05, 4.69) is 19.9 Å². The van der Waals surface area contributed by atoms with E-state index < -0.39 is 11.7 Å². The Bertz CT molecular complexity index is 723. The lowest BCUT2D eigenvalue weighted by atomic mass is 9.99. The van der Waals surface area contributed by atoms with Crippen LogP contribution in [0.15, 0.2) is 30.7 Å². The summed E-state index contributed by atoms with van der Waals surface area (Å²) in [7, 11) is 0. The maximum atomic E-state index is 13.0. The maximum absolute atomic E-state index is 13.0. The van der Waals surface area contributed by atoms with Crippen LogP contribution in [0.1, 0.15) is 24.1 Å². The molecule has 0 amide bonds. The summed E-state index contributed by atoms with van der Waals surface area (Å²) in [4.78, 5) is 14.5. The summed E-state index contributed by atoms with van der Waals surface area (Å²) >= 11 is 0. The summed E-state index contributed by atoms with van der Waals surface area (Å²) in [5, 5.41) is 0. The number of ether oxygens (including phenoxy) is 1. The minimum absolute atomic E-state index is 0.109. The van der Waals surface area contributed by atoms with Crippen LogP contribution in [0.4, 0.5) is 19.0 Å². The number of aromatic nitrogens is 3. The summed E-state index contributed by atoms with van der Waals surface area (Å²) in [6.07, 6.45) is 1.94. The van der Waals surface area contributed by atoms with Gasteiger partial charge in [-0.3, -0.25) is 4.98 Å². The van der Waals surface area contributed by atoms with Gasteiger partial charge >= 0.3 is 6.18 Å². The molecule has 0 aliphatic carbocycles. The van der Waals surface area contributed by atoms with Gasteiger partial charge < -0.3 is 9.64 Å². The fourth-order valence-corrected chi connectivity index (χ4v) is 3.02. The van der Waals surface area contributed by atoms with Crippen molar-refractivity contribution in [2.24, 2.45) is 5.92 Å². The van der Waals surface area contributed by atoms with Gasteiger partial charge in [0.1, 0.15) is 11.4 Å². The van der Waals surface area contributed by atoms with Crippen molar-refractivity contribution in [3.05, 3.63) is 42.0 Å². The molecule has 25 heavy (non-hydrogen) atoms. The van der Waals surface area contributed by atoms with E-state index in [-0.39, 0.29) is 18.4 Å². The Morgan fingerprint density at radius 3 is 2.76 bits per heavy atom. The fraction of sp³-hybridized carbons (Fsp3) is 0.471. The summed E-state index contributed by atoms with van der Waals surface area (Å²) in [6.45, 7) is 3.61. The van der Waals surface area contributed by atoms with Gasteiger partial charge in [-0.25, -0.2) is 9.97 Å². The maximum Gasteiger partial charge on any atom is 0.421 e. The van der Waals surface area contributed by atoms with Crippen molar-refractivity contribution in [3.8, 4) is 5.88 Å². The quantitative estimate of drug-likeness (QED) is 0.843. The van der Waals surface area contributed by atoms with Crippen molar-refractivity contribution in [3.63, 3.8) is 0 Å². The molecule has 3 rings (SSSR count). The lowest BCUT2D eigenvalue weighted by Gasteiger charge is -2.33. The van der Waals surface area contributed by atoms with Crippen molar-refractivity contribution >= 4 is 5.82 Å². The van der Waals surface area contributed by atoms with Gasteiger partial charge in [0.05, 0.1) is 12.3 Å². The molecule has 0 saturated carbocycles. The second-order valence-corrected chi connectivity index (χ2v) is 6.08. The molecule has 0 spiro atoms. The fourth-order valence-electron chi connectivity index (χ4n) is 3.02. The predicted molar refractivity (Wildman–Crippen MR) is 86.4 cm³/mol. The number of alkyl halides is 3. The first-order chi connectivity index (χ1) is 11.9. The minimum Gasteiger partial charge on any atom is -0.477 e. The summed E-state index contributed by atoms with van der Waals surface area (Å²) in [5.74, 6) is 0.571. The zero-order valence-electron chi connectivity index (χ0n) is 13.8. The molecule has 3 heterocycles. The zero-order chi connectivity index (χ0) is 17.9. The molecular weight excluding hydrogens is 333 g/mol. The summed E-state index contributed by atoms with van der Waals surface area (Å²) < 4.78 is 44.4. The Kier molecular flexibility index (Phi) is 5.06. The molecule has 0 N–H and O–H groups in total. The van der Waals surface area contributed by atoms with Gasteiger partial charge in [0, 0.05) is 37.6 Å². The van der Waals surface area contributed by atoms with Crippen molar-refractivity contribution in [1.29, 1.82) is 0 Å².